The molecule has 1 saturated heterocycles. The molecule has 0 atom stereocenters. The Bertz CT molecular complexity index is 403. The minimum atomic E-state index is -0.0864. The number of aromatic amines is 1. The first kappa shape index (κ1) is 11.6. The van der Waals surface area contributed by atoms with Gasteiger partial charge in [-0.05, 0) is 6.42 Å². The number of rotatable bonds is 4. The molecule has 0 saturated carbocycles. The van der Waals surface area contributed by atoms with E-state index in [1.165, 1.54) is 11.2 Å². The minimum absolute atomic E-state index is 0.0615. The van der Waals surface area contributed by atoms with E-state index < -0.39 is 0 Å². The number of carbonyl (C=O) groups excluding carboxylic acids is 2. The molecule has 0 aliphatic carbocycles. The van der Waals surface area contributed by atoms with Gasteiger partial charge in [-0.25, -0.2) is 4.98 Å². The van der Waals surface area contributed by atoms with Crippen LogP contribution < -0.4 is 0 Å². The number of amides is 2. The predicted molar refractivity (Wildman–Crippen MR) is 58.7 cm³/mol. The molecular weight excluding hydrogens is 222 g/mol. The SMILES string of the molecule is CN(Cc1ncn[nH]1)C(=O)CN1CCCC1=O. The van der Waals surface area contributed by atoms with Crippen molar-refractivity contribution in [3.05, 3.63) is 12.2 Å². The molecule has 1 aromatic heterocycles. The van der Waals surface area contributed by atoms with E-state index in [-0.39, 0.29) is 18.4 Å². The first-order valence-corrected chi connectivity index (χ1v) is 5.53. The van der Waals surface area contributed by atoms with Gasteiger partial charge in [-0.1, -0.05) is 0 Å². The molecule has 1 aliphatic rings. The van der Waals surface area contributed by atoms with Crippen molar-refractivity contribution in [2.75, 3.05) is 20.1 Å². The van der Waals surface area contributed by atoms with Gasteiger partial charge >= 0.3 is 0 Å². The zero-order valence-corrected chi connectivity index (χ0v) is 9.72. The van der Waals surface area contributed by atoms with Crippen LogP contribution in [0.3, 0.4) is 0 Å². The van der Waals surface area contributed by atoms with E-state index in [0.717, 1.165) is 6.42 Å². The predicted octanol–water partition coefficient (Wildman–Crippen LogP) is -0.615. The molecule has 1 N–H and O–H groups in total. The third-order valence-electron chi connectivity index (χ3n) is 2.78. The summed E-state index contributed by atoms with van der Waals surface area (Å²) in [6, 6.07) is 0. The second kappa shape index (κ2) is 4.94. The Morgan fingerprint density at radius 1 is 1.65 bits per heavy atom. The summed E-state index contributed by atoms with van der Waals surface area (Å²) in [5, 5.41) is 6.40. The monoisotopic (exact) mass is 237 g/mol. The fourth-order valence-corrected chi connectivity index (χ4v) is 1.77. The normalized spacial score (nSPS) is 15.4. The van der Waals surface area contributed by atoms with E-state index in [9.17, 15) is 9.59 Å². The maximum Gasteiger partial charge on any atom is 0.242 e. The second-order valence-electron chi connectivity index (χ2n) is 4.10. The molecular formula is C10H15N5O2. The number of likely N-dealkylation sites (N-methyl/N-ethyl adjacent to an activating group) is 1. The Morgan fingerprint density at radius 3 is 3.06 bits per heavy atom. The number of H-pyrrole nitrogens is 1. The number of aromatic nitrogens is 3. The molecule has 0 aromatic carbocycles. The quantitative estimate of drug-likeness (QED) is 0.757. The lowest BCUT2D eigenvalue weighted by Crippen LogP contribution is -2.38. The Morgan fingerprint density at radius 2 is 2.47 bits per heavy atom. The largest absolute Gasteiger partial charge is 0.337 e. The van der Waals surface area contributed by atoms with Crippen molar-refractivity contribution in [1.82, 2.24) is 25.0 Å². The zero-order valence-electron chi connectivity index (χ0n) is 9.72. The Labute approximate surface area is 98.8 Å². The van der Waals surface area contributed by atoms with Crippen LogP contribution in [0.4, 0.5) is 0 Å². The van der Waals surface area contributed by atoms with Gasteiger partial charge in [0.1, 0.15) is 12.2 Å². The van der Waals surface area contributed by atoms with Gasteiger partial charge in [0, 0.05) is 20.0 Å². The van der Waals surface area contributed by atoms with Crippen LogP contribution in [-0.4, -0.2) is 56.9 Å². The summed E-state index contributed by atoms with van der Waals surface area (Å²) >= 11 is 0. The summed E-state index contributed by atoms with van der Waals surface area (Å²) in [5.74, 6) is 0.608. The van der Waals surface area contributed by atoms with Gasteiger partial charge in [-0.3, -0.25) is 14.7 Å². The molecule has 2 heterocycles. The maximum absolute atomic E-state index is 11.8. The summed E-state index contributed by atoms with van der Waals surface area (Å²) in [6.07, 6.45) is 2.80. The highest BCUT2D eigenvalue weighted by molar-refractivity contribution is 5.85. The lowest BCUT2D eigenvalue weighted by Gasteiger charge is -2.20. The van der Waals surface area contributed by atoms with E-state index in [4.69, 9.17) is 0 Å². The fraction of sp³-hybridized carbons (Fsp3) is 0.600. The lowest BCUT2D eigenvalue weighted by molar-refractivity contribution is -0.137. The van der Waals surface area contributed by atoms with Crippen molar-refractivity contribution in [1.29, 1.82) is 0 Å². The van der Waals surface area contributed by atoms with Crippen LogP contribution >= 0.6 is 0 Å². The number of carbonyl (C=O) groups is 2. The summed E-state index contributed by atoms with van der Waals surface area (Å²) < 4.78 is 0. The summed E-state index contributed by atoms with van der Waals surface area (Å²) in [5.41, 5.74) is 0. The van der Waals surface area contributed by atoms with Crippen LogP contribution in [0.2, 0.25) is 0 Å². The molecule has 1 aromatic rings. The van der Waals surface area contributed by atoms with Gasteiger partial charge in [0.05, 0.1) is 13.1 Å². The lowest BCUT2D eigenvalue weighted by atomic mass is 10.4. The molecule has 7 heteroatoms. The smallest absolute Gasteiger partial charge is 0.242 e. The summed E-state index contributed by atoms with van der Waals surface area (Å²) in [4.78, 5) is 30.3. The van der Waals surface area contributed by atoms with E-state index in [2.05, 4.69) is 15.2 Å². The Balaban J connectivity index is 1.85. The minimum Gasteiger partial charge on any atom is -0.337 e. The van der Waals surface area contributed by atoms with Gasteiger partial charge in [0.2, 0.25) is 11.8 Å². The summed E-state index contributed by atoms with van der Waals surface area (Å²) in [6.45, 7) is 1.21. The molecule has 7 nitrogen and oxygen atoms in total. The van der Waals surface area contributed by atoms with E-state index in [1.54, 1.807) is 11.9 Å². The Kier molecular flexibility index (Phi) is 3.36. The van der Waals surface area contributed by atoms with Crippen molar-refractivity contribution < 1.29 is 9.59 Å². The summed E-state index contributed by atoms with van der Waals surface area (Å²) in [7, 11) is 1.69. The molecule has 17 heavy (non-hydrogen) atoms. The fourth-order valence-electron chi connectivity index (χ4n) is 1.77. The van der Waals surface area contributed by atoms with E-state index in [1.807, 2.05) is 0 Å². The van der Waals surface area contributed by atoms with Crippen LogP contribution in [-0.2, 0) is 16.1 Å². The van der Waals surface area contributed by atoms with Gasteiger partial charge in [0.15, 0.2) is 0 Å². The first-order valence-electron chi connectivity index (χ1n) is 5.53. The molecule has 1 fully saturated rings. The van der Waals surface area contributed by atoms with Crippen LogP contribution in [0.1, 0.15) is 18.7 Å². The standard InChI is InChI=1S/C10H15N5O2/c1-14(5-8-11-7-12-13-8)10(17)6-15-4-2-3-9(15)16/h7H,2-6H2,1H3,(H,11,12,13). The number of nitrogens with zero attached hydrogens (tertiary/aromatic N) is 4. The van der Waals surface area contributed by atoms with Crippen molar-refractivity contribution in [3.63, 3.8) is 0 Å². The third kappa shape index (κ3) is 2.80. The number of hydrogen-bond acceptors (Lipinski definition) is 4. The van der Waals surface area contributed by atoms with Crippen LogP contribution in [0, 0.1) is 0 Å². The average Bonchev–Trinajstić information content (AvgIpc) is 2.91. The second-order valence-corrected chi connectivity index (χ2v) is 4.10. The topological polar surface area (TPSA) is 82.2 Å². The van der Waals surface area contributed by atoms with Crippen LogP contribution in [0.5, 0.6) is 0 Å². The van der Waals surface area contributed by atoms with Gasteiger partial charge in [-0.15, -0.1) is 0 Å². The third-order valence-corrected chi connectivity index (χ3v) is 2.78. The molecule has 92 valence electrons. The van der Waals surface area contributed by atoms with Crippen molar-refractivity contribution >= 4 is 11.8 Å². The molecule has 0 spiro atoms. The molecule has 2 amide bonds. The van der Waals surface area contributed by atoms with Crippen LogP contribution in [0.25, 0.3) is 0 Å². The Hall–Kier alpha value is -1.92. The van der Waals surface area contributed by atoms with Crippen molar-refractivity contribution in [2.24, 2.45) is 0 Å². The first-order chi connectivity index (χ1) is 8.16. The zero-order chi connectivity index (χ0) is 12.3. The van der Waals surface area contributed by atoms with Crippen molar-refractivity contribution in [3.8, 4) is 0 Å². The van der Waals surface area contributed by atoms with E-state index >= 15 is 0 Å². The highest BCUT2D eigenvalue weighted by Crippen LogP contribution is 2.09. The number of nitrogens with one attached hydrogen (secondary N) is 1. The molecule has 1 aliphatic heterocycles. The highest BCUT2D eigenvalue weighted by Gasteiger charge is 2.23. The van der Waals surface area contributed by atoms with Crippen molar-refractivity contribution in [2.45, 2.75) is 19.4 Å². The number of likely N-dealkylation sites (tertiary alicyclic amines) is 1. The molecule has 0 radical (unpaired) electrons. The van der Waals surface area contributed by atoms with Gasteiger partial charge in [0.25, 0.3) is 0 Å². The molecule has 0 bridgehead atoms. The molecule has 2 rings (SSSR count). The van der Waals surface area contributed by atoms with Gasteiger partial charge in [-0.2, -0.15) is 5.10 Å². The molecule has 0 unspecified atom stereocenters. The maximum atomic E-state index is 11.8. The number of hydrogen-bond donors (Lipinski definition) is 1. The highest BCUT2D eigenvalue weighted by atomic mass is 16.2. The van der Waals surface area contributed by atoms with E-state index in [0.29, 0.717) is 25.3 Å². The van der Waals surface area contributed by atoms with Crippen LogP contribution in [0.15, 0.2) is 6.33 Å². The average molecular weight is 237 g/mol. The van der Waals surface area contributed by atoms with Gasteiger partial charge < -0.3 is 9.80 Å².